The van der Waals surface area contributed by atoms with Crippen LogP contribution >= 0.6 is 11.3 Å². The van der Waals surface area contributed by atoms with E-state index in [1.165, 1.54) is 32.3 Å². The van der Waals surface area contributed by atoms with Gasteiger partial charge < -0.3 is 15.1 Å². The van der Waals surface area contributed by atoms with Crippen molar-refractivity contribution >= 4 is 17.0 Å². The number of hydrogen-bond donors (Lipinski definition) is 1. The Hall–Kier alpha value is -2.56. The highest BCUT2D eigenvalue weighted by atomic mass is 32.1. The molecular weight excluding hydrogens is 410 g/mol. The number of nitrogens with one attached hydrogen (secondary N) is 1. The molecule has 0 spiro atoms. The van der Waals surface area contributed by atoms with E-state index in [4.69, 9.17) is 0 Å². The highest BCUT2D eigenvalue weighted by molar-refractivity contribution is 7.12. The van der Waals surface area contributed by atoms with E-state index in [0.29, 0.717) is 0 Å². The smallest absolute Gasteiger partial charge is 0.0819 e. The van der Waals surface area contributed by atoms with Crippen molar-refractivity contribution in [1.82, 2.24) is 15.1 Å². The normalized spacial score (nSPS) is 12.8. The van der Waals surface area contributed by atoms with E-state index in [-0.39, 0.29) is 6.04 Å². The molecule has 0 saturated carbocycles. The number of benzene rings is 1. The Bertz CT molecular complexity index is 919. The zero-order chi connectivity index (χ0) is 24.3. The number of likely N-dealkylation sites (N-methyl/N-ethyl adjacent to an activating group) is 2. The molecule has 1 N–H and O–H groups in total. The zero-order valence-electron chi connectivity index (χ0n) is 21.2. The third-order valence-corrected chi connectivity index (χ3v) is 6.38. The molecule has 3 nitrogen and oxygen atoms in total. The van der Waals surface area contributed by atoms with Crippen LogP contribution in [0, 0.1) is 6.92 Å². The van der Waals surface area contributed by atoms with Crippen molar-refractivity contribution in [3.63, 3.8) is 0 Å². The summed E-state index contributed by atoms with van der Waals surface area (Å²) >= 11 is 1.85. The Kier molecular flexibility index (Phi) is 11.8. The first-order valence-corrected chi connectivity index (χ1v) is 11.9. The lowest BCUT2D eigenvalue weighted by molar-refractivity contribution is 0.447. The third kappa shape index (κ3) is 7.54. The van der Waals surface area contributed by atoms with E-state index in [0.717, 1.165) is 12.2 Å². The van der Waals surface area contributed by atoms with Gasteiger partial charge in [0.1, 0.15) is 0 Å². The summed E-state index contributed by atoms with van der Waals surface area (Å²) in [6.07, 6.45) is 4.17. The SMILES string of the molecule is C=C(C)N(C)C.C=C/C(C)=C(\c1ccccc1)N(CC)/C(=C/C)C(NC)c1ccc(C)s1. The maximum absolute atomic E-state index is 4.02. The highest BCUT2D eigenvalue weighted by Crippen LogP contribution is 2.35. The summed E-state index contributed by atoms with van der Waals surface area (Å²) in [6, 6.07) is 15.2. The number of allylic oxidation sites excluding steroid dienone is 4. The fraction of sp³-hybridized carbons (Fsp3) is 0.357. The fourth-order valence-electron chi connectivity index (χ4n) is 3.28. The number of nitrogens with zero attached hydrogens (tertiary/aromatic N) is 2. The molecular formula is C28H41N3S. The first kappa shape index (κ1) is 27.5. The predicted octanol–water partition coefficient (Wildman–Crippen LogP) is 7.24. The van der Waals surface area contributed by atoms with Crippen LogP contribution in [0.15, 0.2) is 84.7 Å². The summed E-state index contributed by atoms with van der Waals surface area (Å²) in [5.41, 5.74) is 5.95. The standard InChI is InChI=1S/C23H30N2S.C5H11N/c1-7-17(4)23(19-13-11-10-12-14-19)25(9-3)20(8-2)22(24-6)21-16-15-18(5)26-21;1-5(2)6(3)4/h7-8,10-16,22,24H,1,9H2,2-6H3;1H2,2-4H3/b20-8+,23-17+;. The van der Waals surface area contributed by atoms with Crippen molar-refractivity contribution in [2.75, 3.05) is 27.7 Å². The Morgan fingerprint density at radius 2 is 1.72 bits per heavy atom. The van der Waals surface area contributed by atoms with E-state index < -0.39 is 0 Å². The summed E-state index contributed by atoms with van der Waals surface area (Å²) in [4.78, 5) is 7.04. The third-order valence-electron chi connectivity index (χ3n) is 5.31. The number of thiophene rings is 1. The van der Waals surface area contributed by atoms with E-state index in [1.807, 2.05) is 50.4 Å². The second-order valence-electron chi connectivity index (χ2n) is 7.86. The molecule has 2 aromatic rings. The van der Waals surface area contributed by atoms with Gasteiger partial charge in [-0.2, -0.15) is 0 Å². The maximum Gasteiger partial charge on any atom is 0.0819 e. The van der Waals surface area contributed by atoms with Gasteiger partial charge in [0.05, 0.1) is 11.7 Å². The molecule has 0 aliphatic rings. The van der Waals surface area contributed by atoms with Crippen molar-refractivity contribution in [2.45, 2.75) is 40.7 Å². The van der Waals surface area contributed by atoms with Crippen LogP contribution in [-0.4, -0.2) is 37.5 Å². The van der Waals surface area contributed by atoms with Crippen LogP contribution in [0.5, 0.6) is 0 Å². The molecule has 0 radical (unpaired) electrons. The van der Waals surface area contributed by atoms with Crippen LogP contribution in [0.1, 0.15) is 49.1 Å². The van der Waals surface area contributed by atoms with Crippen molar-refractivity contribution < 1.29 is 0 Å². The lowest BCUT2D eigenvalue weighted by atomic mass is 10.0. The minimum Gasteiger partial charge on any atom is -0.382 e. The summed E-state index contributed by atoms with van der Waals surface area (Å²) < 4.78 is 0. The van der Waals surface area contributed by atoms with Gasteiger partial charge in [-0.25, -0.2) is 0 Å². The van der Waals surface area contributed by atoms with Gasteiger partial charge in [-0.1, -0.05) is 55.6 Å². The quantitative estimate of drug-likeness (QED) is 0.405. The minimum atomic E-state index is 0.162. The van der Waals surface area contributed by atoms with Gasteiger partial charge in [0.25, 0.3) is 0 Å². The molecule has 0 bridgehead atoms. The first-order valence-electron chi connectivity index (χ1n) is 11.1. The highest BCUT2D eigenvalue weighted by Gasteiger charge is 2.24. The van der Waals surface area contributed by atoms with Crippen molar-refractivity contribution in [3.05, 3.63) is 100 Å². The monoisotopic (exact) mass is 451 g/mol. The van der Waals surface area contributed by atoms with Crippen LogP contribution in [0.2, 0.25) is 0 Å². The van der Waals surface area contributed by atoms with E-state index in [9.17, 15) is 0 Å². The lowest BCUT2D eigenvalue weighted by Crippen LogP contribution is -2.31. The molecule has 0 amide bonds. The van der Waals surface area contributed by atoms with Crippen molar-refractivity contribution in [3.8, 4) is 0 Å². The van der Waals surface area contributed by atoms with E-state index in [1.54, 1.807) is 0 Å². The van der Waals surface area contributed by atoms with Crippen LogP contribution in [-0.2, 0) is 0 Å². The average Bonchev–Trinajstić information content (AvgIpc) is 3.22. The van der Waals surface area contributed by atoms with Crippen LogP contribution in [0.3, 0.4) is 0 Å². The Morgan fingerprint density at radius 1 is 1.12 bits per heavy atom. The molecule has 0 saturated heterocycles. The van der Waals surface area contributed by atoms with E-state index in [2.05, 4.69) is 99.6 Å². The topological polar surface area (TPSA) is 18.5 Å². The average molecular weight is 452 g/mol. The van der Waals surface area contributed by atoms with Crippen molar-refractivity contribution in [2.24, 2.45) is 0 Å². The van der Waals surface area contributed by atoms with Crippen LogP contribution < -0.4 is 5.32 Å². The van der Waals surface area contributed by atoms with Crippen LogP contribution in [0.25, 0.3) is 5.70 Å². The molecule has 32 heavy (non-hydrogen) atoms. The van der Waals surface area contributed by atoms with Gasteiger partial charge >= 0.3 is 0 Å². The molecule has 1 atom stereocenters. The van der Waals surface area contributed by atoms with Gasteiger partial charge in [-0.05, 0) is 64.9 Å². The molecule has 2 rings (SSSR count). The number of rotatable bonds is 9. The maximum atomic E-state index is 4.02. The molecule has 1 heterocycles. The molecule has 174 valence electrons. The number of hydrogen-bond acceptors (Lipinski definition) is 4. The summed E-state index contributed by atoms with van der Waals surface area (Å²) in [5.74, 6) is 0. The molecule has 1 aromatic carbocycles. The Labute approximate surface area is 200 Å². The first-order chi connectivity index (χ1) is 15.2. The second kappa shape index (κ2) is 13.8. The Morgan fingerprint density at radius 3 is 2.09 bits per heavy atom. The molecule has 0 fully saturated rings. The van der Waals surface area contributed by atoms with E-state index >= 15 is 0 Å². The molecule has 4 heteroatoms. The van der Waals surface area contributed by atoms with Crippen LogP contribution in [0.4, 0.5) is 0 Å². The summed E-state index contributed by atoms with van der Waals surface area (Å²) in [6.45, 7) is 19.2. The largest absolute Gasteiger partial charge is 0.382 e. The lowest BCUT2D eigenvalue weighted by Gasteiger charge is -2.34. The van der Waals surface area contributed by atoms with Gasteiger partial charge in [0.2, 0.25) is 0 Å². The Balaban J connectivity index is 0.000000751. The predicted molar refractivity (Wildman–Crippen MR) is 145 cm³/mol. The second-order valence-corrected chi connectivity index (χ2v) is 9.18. The summed E-state index contributed by atoms with van der Waals surface area (Å²) in [5, 5.41) is 3.51. The molecule has 1 aromatic heterocycles. The van der Waals surface area contributed by atoms with Gasteiger partial charge in [-0.15, -0.1) is 11.3 Å². The van der Waals surface area contributed by atoms with Gasteiger partial charge in [0, 0.05) is 41.8 Å². The summed E-state index contributed by atoms with van der Waals surface area (Å²) in [7, 11) is 5.98. The van der Waals surface area contributed by atoms with Gasteiger partial charge in [0.15, 0.2) is 0 Å². The molecule has 0 aliphatic heterocycles. The minimum absolute atomic E-state index is 0.162. The fourth-order valence-corrected chi connectivity index (χ4v) is 4.28. The number of aryl methyl sites for hydroxylation is 1. The van der Waals surface area contributed by atoms with Crippen molar-refractivity contribution in [1.29, 1.82) is 0 Å². The molecule has 0 aliphatic carbocycles. The van der Waals surface area contributed by atoms with Gasteiger partial charge in [-0.3, -0.25) is 0 Å². The molecule has 1 unspecified atom stereocenters. The zero-order valence-corrected chi connectivity index (χ0v) is 22.0.